The van der Waals surface area contributed by atoms with Crippen LogP contribution in [0, 0.1) is 0 Å². The molecule has 1 unspecified atom stereocenters. The zero-order valence-corrected chi connectivity index (χ0v) is 17.8. The Morgan fingerprint density at radius 1 is 0.839 bits per heavy atom. The molecule has 1 aromatic heterocycles. The summed E-state index contributed by atoms with van der Waals surface area (Å²) in [5.41, 5.74) is 3.64. The van der Waals surface area contributed by atoms with Crippen molar-refractivity contribution in [3.8, 4) is 11.1 Å². The number of ketones is 1. The van der Waals surface area contributed by atoms with Gasteiger partial charge >= 0.3 is 0 Å². The van der Waals surface area contributed by atoms with Crippen LogP contribution >= 0.6 is 0 Å². The molecular weight excluding hydrogens is 406 g/mol. The molecule has 0 radical (unpaired) electrons. The highest BCUT2D eigenvalue weighted by Crippen LogP contribution is 2.26. The number of hydrogen-bond acceptors (Lipinski definition) is 3. The first kappa shape index (κ1) is 20.8. The van der Waals surface area contributed by atoms with Crippen LogP contribution in [-0.2, 0) is 28.6 Å². The van der Waals surface area contributed by atoms with Crippen LogP contribution in [0.5, 0.6) is 0 Å². The van der Waals surface area contributed by atoms with Crippen molar-refractivity contribution in [2.75, 3.05) is 4.72 Å². The van der Waals surface area contributed by atoms with E-state index in [1.165, 1.54) is 0 Å². The summed E-state index contributed by atoms with van der Waals surface area (Å²) in [6, 6.07) is 28.8. The number of Topliss-reactive ketones (excluding diaryl/α,β-unsaturated/α-hetero) is 1. The van der Waals surface area contributed by atoms with E-state index in [2.05, 4.69) is 4.72 Å². The average molecular weight is 430 g/mol. The Morgan fingerprint density at radius 3 is 2.32 bits per heavy atom. The zero-order chi connectivity index (χ0) is 21.5. The van der Waals surface area contributed by atoms with Crippen LogP contribution in [-0.4, -0.2) is 9.99 Å². The summed E-state index contributed by atoms with van der Waals surface area (Å²) in [5.74, 6) is 0.989. The highest BCUT2D eigenvalue weighted by molar-refractivity contribution is 7.86. The van der Waals surface area contributed by atoms with Crippen LogP contribution in [0.15, 0.2) is 107 Å². The molecule has 5 heteroatoms. The first-order chi connectivity index (χ1) is 15.2. The van der Waals surface area contributed by atoms with Gasteiger partial charge in [-0.3, -0.25) is 4.79 Å². The van der Waals surface area contributed by atoms with E-state index in [1.54, 1.807) is 6.26 Å². The number of benzene rings is 3. The fourth-order valence-electron chi connectivity index (χ4n) is 3.37. The third-order valence-corrected chi connectivity index (χ3v) is 6.14. The summed E-state index contributed by atoms with van der Waals surface area (Å²) in [4.78, 5) is 12.9. The molecule has 4 aromatic rings. The molecule has 0 amide bonds. The number of carbonyl (C=O) groups is 1. The average Bonchev–Trinajstić information content (AvgIpc) is 3.33. The van der Waals surface area contributed by atoms with Gasteiger partial charge in [0.2, 0.25) is 0 Å². The summed E-state index contributed by atoms with van der Waals surface area (Å²) in [6.07, 6.45) is 3.06. The van der Waals surface area contributed by atoms with E-state index in [0.717, 1.165) is 33.0 Å². The minimum Gasteiger partial charge on any atom is -0.469 e. The summed E-state index contributed by atoms with van der Waals surface area (Å²) < 4.78 is 21.3. The normalized spacial score (nSPS) is 11.7. The van der Waals surface area contributed by atoms with Gasteiger partial charge in [0.1, 0.15) is 11.5 Å². The van der Waals surface area contributed by atoms with E-state index in [9.17, 15) is 9.00 Å². The minimum absolute atomic E-state index is 0.164. The highest BCUT2D eigenvalue weighted by atomic mass is 32.2. The van der Waals surface area contributed by atoms with Crippen molar-refractivity contribution in [1.29, 1.82) is 0 Å². The Kier molecular flexibility index (Phi) is 6.75. The Hall–Kier alpha value is -3.44. The van der Waals surface area contributed by atoms with E-state index in [1.807, 2.05) is 91.0 Å². The molecule has 4 rings (SSSR count). The maximum atomic E-state index is 13.0. The first-order valence-corrected chi connectivity index (χ1v) is 11.3. The van der Waals surface area contributed by atoms with Gasteiger partial charge < -0.3 is 9.14 Å². The van der Waals surface area contributed by atoms with Crippen LogP contribution in [0.2, 0.25) is 0 Å². The number of carbonyl (C=O) groups excluding carboxylic acids is 1. The Labute approximate surface area is 184 Å². The predicted octanol–water partition coefficient (Wildman–Crippen LogP) is 5.83. The summed E-state index contributed by atoms with van der Waals surface area (Å²) >= 11 is 0. The molecule has 31 heavy (non-hydrogen) atoms. The number of anilines is 1. The summed E-state index contributed by atoms with van der Waals surface area (Å²) in [7, 11) is -1.41. The van der Waals surface area contributed by atoms with Gasteiger partial charge in [-0.15, -0.1) is 0 Å². The van der Waals surface area contributed by atoms with Crippen molar-refractivity contribution in [3.63, 3.8) is 0 Å². The lowest BCUT2D eigenvalue weighted by Crippen LogP contribution is -2.07. The molecule has 0 saturated carbocycles. The van der Waals surface area contributed by atoms with Crippen molar-refractivity contribution in [3.05, 3.63) is 109 Å². The lowest BCUT2D eigenvalue weighted by atomic mass is 10.0. The largest absolute Gasteiger partial charge is 0.469 e. The molecule has 0 aliphatic rings. The third-order valence-electron chi connectivity index (χ3n) is 4.97. The molecule has 0 aliphatic carbocycles. The highest BCUT2D eigenvalue weighted by Gasteiger charge is 2.12. The molecule has 0 bridgehead atoms. The predicted molar refractivity (Wildman–Crippen MR) is 124 cm³/mol. The number of nitrogens with one attached hydrogen (secondary N) is 1. The van der Waals surface area contributed by atoms with E-state index in [4.69, 9.17) is 4.42 Å². The van der Waals surface area contributed by atoms with Crippen LogP contribution in [0.3, 0.4) is 0 Å². The minimum atomic E-state index is -1.41. The molecule has 0 fully saturated rings. The molecular formula is C26H23NO3S. The summed E-state index contributed by atoms with van der Waals surface area (Å²) in [6.45, 7) is 0. The van der Waals surface area contributed by atoms with Gasteiger partial charge in [-0.1, -0.05) is 60.7 Å². The van der Waals surface area contributed by atoms with Gasteiger partial charge in [-0.25, -0.2) is 4.21 Å². The van der Waals surface area contributed by atoms with E-state index in [0.29, 0.717) is 19.3 Å². The van der Waals surface area contributed by atoms with Gasteiger partial charge in [-0.05, 0) is 47.0 Å². The van der Waals surface area contributed by atoms with Crippen molar-refractivity contribution in [2.45, 2.75) is 24.2 Å². The molecule has 0 saturated heterocycles. The van der Waals surface area contributed by atoms with Crippen LogP contribution < -0.4 is 4.72 Å². The maximum absolute atomic E-state index is 13.0. The van der Waals surface area contributed by atoms with E-state index in [-0.39, 0.29) is 5.78 Å². The van der Waals surface area contributed by atoms with E-state index < -0.39 is 11.0 Å². The Bertz CT molecular complexity index is 1150. The molecule has 4 nitrogen and oxygen atoms in total. The topological polar surface area (TPSA) is 59.3 Å². The third kappa shape index (κ3) is 5.58. The number of hydrogen-bond donors (Lipinski definition) is 1. The van der Waals surface area contributed by atoms with Crippen LogP contribution in [0.4, 0.5) is 5.69 Å². The Balaban J connectivity index is 1.38. The van der Waals surface area contributed by atoms with Crippen LogP contribution in [0.25, 0.3) is 11.1 Å². The van der Waals surface area contributed by atoms with Crippen molar-refractivity contribution >= 4 is 22.5 Å². The molecule has 0 spiro atoms. The van der Waals surface area contributed by atoms with Crippen molar-refractivity contribution < 1.29 is 13.4 Å². The SMILES string of the molecule is O=C(CCc1ccco1)Cc1ccc(NS(=O)c2ccccc2-c2ccccc2)cc1. The zero-order valence-electron chi connectivity index (χ0n) is 17.0. The van der Waals surface area contributed by atoms with Gasteiger partial charge in [0.25, 0.3) is 0 Å². The van der Waals surface area contributed by atoms with Gasteiger partial charge in [-0.2, -0.15) is 0 Å². The lowest BCUT2D eigenvalue weighted by Gasteiger charge is -2.11. The van der Waals surface area contributed by atoms with Crippen molar-refractivity contribution in [2.24, 2.45) is 0 Å². The second-order valence-corrected chi connectivity index (χ2v) is 8.41. The van der Waals surface area contributed by atoms with Crippen molar-refractivity contribution in [1.82, 2.24) is 0 Å². The quantitative estimate of drug-likeness (QED) is 0.364. The lowest BCUT2D eigenvalue weighted by molar-refractivity contribution is -0.118. The van der Waals surface area contributed by atoms with Gasteiger partial charge in [0.05, 0.1) is 11.2 Å². The second-order valence-electron chi connectivity index (χ2n) is 7.22. The summed E-state index contributed by atoms with van der Waals surface area (Å²) in [5, 5.41) is 0. The maximum Gasteiger partial charge on any atom is 0.150 e. The second kappa shape index (κ2) is 10.0. The van der Waals surface area contributed by atoms with Gasteiger partial charge in [0.15, 0.2) is 11.0 Å². The molecule has 1 atom stereocenters. The molecule has 1 heterocycles. The first-order valence-electron chi connectivity index (χ1n) is 10.1. The fourth-order valence-corrected chi connectivity index (χ4v) is 4.42. The Morgan fingerprint density at radius 2 is 1.58 bits per heavy atom. The number of aryl methyl sites for hydroxylation is 1. The monoisotopic (exact) mass is 429 g/mol. The van der Waals surface area contributed by atoms with Gasteiger partial charge in [0, 0.05) is 24.9 Å². The smallest absolute Gasteiger partial charge is 0.150 e. The fraction of sp³-hybridized carbons (Fsp3) is 0.115. The molecule has 0 aliphatic heterocycles. The molecule has 156 valence electrons. The molecule has 1 N–H and O–H groups in total. The number of furan rings is 1. The number of rotatable bonds is 9. The van der Waals surface area contributed by atoms with E-state index >= 15 is 0 Å². The standard InChI is InChI=1S/C26H23NO3S/c28-23(16-17-24-9-6-18-30-24)19-20-12-14-22(15-13-20)27-31(29)26-11-5-4-10-25(26)21-7-2-1-3-8-21/h1-15,18,27H,16-17,19H2. The molecule has 3 aromatic carbocycles. The van der Waals surface area contributed by atoms with Crippen LogP contribution in [0.1, 0.15) is 17.7 Å².